The van der Waals surface area contributed by atoms with Gasteiger partial charge in [0.05, 0.1) is 16.3 Å². The van der Waals surface area contributed by atoms with Gasteiger partial charge in [0.25, 0.3) is 0 Å². The molecule has 1 saturated carbocycles. The van der Waals surface area contributed by atoms with Gasteiger partial charge in [-0.1, -0.05) is 24.3 Å². The van der Waals surface area contributed by atoms with E-state index in [0.29, 0.717) is 4.90 Å². The molecule has 0 N–H and O–H groups in total. The van der Waals surface area contributed by atoms with Crippen LogP contribution in [0.1, 0.15) is 29.7 Å². The number of sulfone groups is 1. The second-order valence-electron chi connectivity index (χ2n) is 5.34. The van der Waals surface area contributed by atoms with Crippen LogP contribution >= 0.6 is 0 Å². The molecule has 19 heavy (non-hydrogen) atoms. The molecule has 96 valence electrons. The molecule has 1 spiro atoms. The third-order valence-corrected chi connectivity index (χ3v) is 5.90. The highest BCUT2D eigenvalue weighted by atomic mass is 32.2. The molecule has 1 aromatic heterocycles. The standard InChI is InChI=1S/C15H13NO2S/c17-19(18)10-13-11(5-3-9-16-13)15(7-8-15)12-4-1-2-6-14(12)19/h1-6,9H,7-8,10H2. The highest BCUT2D eigenvalue weighted by Crippen LogP contribution is 2.57. The van der Waals surface area contributed by atoms with Gasteiger partial charge in [0, 0.05) is 11.6 Å². The van der Waals surface area contributed by atoms with Crippen molar-refractivity contribution in [1.29, 1.82) is 0 Å². The molecule has 1 aliphatic heterocycles. The van der Waals surface area contributed by atoms with E-state index >= 15 is 0 Å². The molecule has 3 nitrogen and oxygen atoms in total. The van der Waals surface area contributed by atoms with Crippen LogP contribution in [-0.4, -0.2) is 13.4 Å². The molecule has 0 radical (unpaired) electrons. The third-order valence-electron chi connectivity index (χ3n) is 4.22. The molecule has 0 bridgehead atoms. The third kappa shape index (κ3) is 1.43. The highest BCUT2D eigenvalue weighted by molar-refractivity contribution is 7.90. The summed E-state index contributed by atoms with van der Waals surface area (Å²) < 4.78 is 25.1. The number of aromatic nitrogens is 1. The first kappa shape index (κ1) is 11.2. The number of hydrogen-bond donors (Lipinski definition) is 0. The minimum Gasteiger partial charge on any atom is -0.260 e. The average molecular weight is 271 g/mol. The Labute approximate surface area is 112 Å². The largest absolute Gasteiger partial charge is 0.260 e. The molecule has 1 fully saturated rings. The lowest BCUT2D eigenvalue weighted by atomic mass is 9.87. The summed E-state index contributed by atoms with van der Waals surface area (Å²) in [6, 6.07) is 11.4. The summed E-state index contributed by atoms with van der Waals surface area (Å²) in [5, 5.41) is 0. The zero-order valence-corrected chi connectivity index (χ0v) is 11.2. The Morgan fingerprint density at radius 2 is 1.74 bits per heavy atom. The van der Waals surface area contributed by atoms with Crippen LogP contribution in [0, 0.1) is 0 Å². The number of hydrogen-bond acceptors (Lipinski definition) is 3. The lowest BCUT2D eigenvalue weighted by Gasteiger charge is -2.17. The van der Waals surface area contributed by atoms with Crippen molar-refractivity contribution < 1.29 is 8.42 Å². The Balaban J connectivity index is 2.12. The maximum absolute atomic E-state index is 12.5. The lowest BCUT2D eigenvalue weighted by Crippen LogP contribution is -2.11. The van der Waals surface area contributed by atoms with Crippen LogP contribution < -0.4 is 0 Å². The van der Waals surface area contributed by atoms with Gasteiger partial charge in [0.1, 0.15) is 0 Å². The molecule has 4 rings (SSSR count). The molecule has 1 aliphatic carbocycles. The van der Waals surface area contributed by atoms with Crippen LogP contribution in [0.3, 0.4) is 0 Å². The lowest BCUT2D eigenvalue weighted by molar-refractivity contribution is 0.594. The van der Waals surface area contributed by atoms with Crippen molar-refractivity contribution in [3.8, 4) is 0 Å². The maximum atomic E-state index is 12.5. The second-order valence-corrected chi connectivity index (χ2v) is 7.29. The summed E-state index contributed by atoms with van der Waals surface area (Å²) in [5.74, 6) is 0.0158. The van der Waals surface area contributed by atoms with E-state index in [0.717, 1.165) is 29.7 Å². The molecule has 0 unspecified atom stereocenters. The van der Waals surface area contributed by atoms with E-state index in [4.69, 9.17) is 0 Å². The smallest absolute Gasteiger partial charge is 0.184 e. The first-order valence-corrected chi connectivity index (χ1v) is 8.05. The van der Waals surface area contributed by atoms with Crippen molar-refractivity contribution in [3.05, 3.63) is 59.4 Å². The summed E-state index contributed by atoms with van der Waals surface area (Å²) in [7, 11) is -3.29. The van der Waals surface area contributed by atoms with Crippen molar-refractivity contribution in [1.82, 2.24) is 4.98 Å². The van der Waals surface area contributed by atoms with Gasteiger partial charge in [0.2, 0.25) is 0 Å². The van der Waals surface area contributed by atoms with Crippen LogP contribution in [0.25, 0.3) is 0 Å². The fourth-order valence-electron chi connectivity index (χ4n) is 3.19. The van der Waals surface area contributed by atoms with Gasteiger partial charge in [-0.2, -0.15) is 0 Å². The van der Waals surface area contributed by atoms with Gasteiger partial charge in [0.15, 0.2) is 9.84 Å². The van der Waals surface area contributed by atoms with Crippen LogP contribution in [0.2, 0.25) is 0 Å². The molecule has 2 aliphatic rings. The van der Waals surface area contributed by atoms with Gasteiger partial charge in [-0.15, -0.1) is 0 Å². The Hall–Kier alpha value is -1.68. The van der Waals surface area contributed by atoms with E-state index in [2.05, 4.69) is 4.98 Å². The van der Waals surface area contributed by atoms with Crippen LogP contribution in [0.5, 0.6) is 0 Å². The van der Waals surface area contributed by atoms with E-state index in [1.807, 2.05) is 24.3 Å². The van der Waals surface area contributed by atoms with Gasteiger partial charge >= 0.3 is 0 Å². The minimum atomic E-state index is -3.29. The summed E-state index contributed by atoms with van der Waals surface area (Å²) in [6.45, 7) is 0. The Bertz CT molecular complexity index is 776. The second kappa shape index (κ2) is 3.45. The van der Waals surface area contributed by atoms with Gasteiger partial charge in [-0.05, 0) is 36.1 Å². The normalized spacial score (nSPS) is 21.3. The molecule has 4 heteroatoms. The molecule has 0 saturated heterocycles. The molecule has 2 aromatic rings. The van der Waals surface area contributed by atoms with Crippen molar-refractivity contribution in [2.24, 2.45) is 0 Å². The van der Waals surface area contributed by atoms with Gasteiger partial charge in [-0.25, -0.2) is 8.42 Å². The van der Waals surface area contributed by atoms with Gasteiger partial charge in [-0.3, -0.25) is 4.98 Å². The number of pyridine rings is 1. The van der Waals surface area contributed by atoms with E-state index in [1.54, 1.807) is 18.3 Å². The number of rotatable bonds is 0. The van der Waals surface area contributed by atoms with E-state index in [1.165, 1.54) is 0 Å². The molecule has 0 atom stereocenters. The van der Waals surface area contributed by atoms with E-state index < -0.39 is 9.84 Å². The topological polar surface area (TPSA) is 47.0 Å². The van der Waals surface area contributed by atoms with E-state index in [9.17, 15) is 8.42 Å². The molecule has 1 aromatic carbocycles. The van der Waals surface area contributed by atoms with Crippen LogP contribution in [0.4, 0.5) is 0 Å². The molecular formula is C15H13NO2S. The Kier molecular flexibility index (Phi) is 2.03. The Morgan fingerprint density at radius 3 is 2.53 bits per heavy atom. The Morgan fingerprint density at radius 1 is 1.00 bits per heavy atom. The molecular weight excluding hydrogens is 258 g/mol. The van der Waals surface area contributed by atoms with Crippen LogP contribution in [0.15, 0.2) is 47.5 Å². The number of fused-ring (bicyclic) bond motifs is 4. The van der Waals surface area contributed by atoms with Crippen molar-refractivity contribution in [2.75, 3.05) is 0 Å². The number of benzene rings is 1. The zero-order valence-electron chi connectivity index (χ0n) is 10.3. The maximum Gasteiger partial charge on any atom is 0.184 e. The summed E-state index contributed by atoms with van der Waals surface area (Å²) in [6.07, 6.45) is 3.71. The SMILES string of the molecule is O=S1(=O)Cc2ncccc2C2(CC2)c2ccccc21. The monoisotopic (exact) mass is 271 g/mol. The minimum absolute atomic E-state index is 0.0158. The fraction of sp³-hybridized carbons (Fsp3) is 0.267. The van der Waals surface area contributed by atoms with Crippen LogP contribution in [-0.2, 0) is 21.0 Å². The highest BCUT2D eigenvalue weighted by Gasteiger charge is 2.51. The molecule has 2 heterocycles. The number of nitrogens with zero attached hydrogens (tertiary/aromatic N) is 1. The first-order valence-electron chi connectivity index (χ1n) is 6.40. The quantitative estimate of drug-likeness (QED) is 0.739. The summed E-state index contributed by atoms with van der Waals surface area (Å²) in [4.78, 5) is 4.81. The van der Waals surface area contributed by atoms with E-state index in [-0.39, 0.29) is 11.2 Å². The summed E-state index contributed by atoms with van der Waals surface area (Å²) in [5.41, 5.74) is 2.67. The molecule has 0 amide bonds. The average Bonchev–Trinajstić information content (AvgIpc) is 3.20. The summed E-state index contributed by atoms with van der Waals surface area (Å²) >= 11 is 0. The van der Waals surface area contributed by atoms with Gasteiger partial charge < -0.3 is 0 Å². The predicted octanol–water partition coefficient (Wildman–Crippen LogP) is 2.45. The van der Waals surface area contributed by atoms with Crippen molar-refractivity contribution >= 4 is 9.84 Å². The predicted molar refractivity (Wildman–Crippen MR) is 71.6 cm³/mol. The van der Waals surface area contributed by atoms with Crippen molar-refractivity contribution in [3.63, 3.8) is 0 Å². The zero-order chi connectivity index (χ0) is 13.1. The fourth-order valence-corrected chi connectivity index (χ4v) is 4.82. The van der Waals surface area contributed by atoms with Crippen molar-refractivity contribution in [2.45, 2.75) is 28.9 Å². The first-order chi connectivity index (χ1) is 9.13.